The molecule has 0 aliphatic heterocycles. The van der Waals surface area contributed by atoms with Gasteiger partial charge in [0.1, 0.15) is 0 Å². The van der Waals surface area contributed by atoms with E-state index >= 15 is 0 Å². The Kier molecular flexibility index (Phi) is 6.73. The summed E-state index contributed by atoms with van der Waals surface area (Å²) in [4.78, 5) is 0. The lowest BCUT2D eigenvalue weighted by molar-refractivity contribution is 0.408. The molecule has 0 saturated carbocycles. The van der Waals surface area contributed by atoms with Crippen LogP contribution in [0.5, 0.6) is 5.88 Å². The molecule has 0 atom stereocenters. The van der Waals surface area contributed by atoms with E-state index < -0.39 is 0 Å². The topological polar surface area (TPSA) is 25.2 Å². The van der Waals surface area contributed by atoms with Gasteiger partial charge in [-0.2, -0.15) is 0 Å². The summed E-state index contributed by atoms with van der Waals surface area (Å²) in [6.07, 6.45) is 9.02. The van der Waals surface area contributed by atoms with Crippen molar-refractivity contribution >= 4 is 23.6 Å². The molecule has 16 heavy (non-hydrogen) atoms. The summed E-state index contributed by atoms with van der Waals surface area (Å²) >= 11 is 6.56. The Balaban J connectivity index is 2.10. The number of unbranched alkanes of at least 4 members (excludes halogenated alkanes) is 6. The third-order valence-electron chi connectivity index (χ3n) is 2.75. The summed E-state index contributed by atoms with van der Waals surface area (Å²) in [5, 5.41) is 11.2. The van der Waals surface area contributed by atoms with Crippen LogP contribution in [0.25, 0.3) is 0 Å². The van der Waals surface area contributed by atoms with E-state index in [1.807, 2.05) is 4.57 Å². The lowest BCUT2D eigenvalue weighted by atomic mass is 10.1. The van der Waals surface area contributed by atoms with E-state index in [1.54, 1.807) is 5.38 Å². The van der Waals surface area contributed by atoms with Gasteiger partial charge in [0.15, 0.2) is 3.95 Å². The second-order valence-corrected chi connectivity index (χ2v) is 5.64. The lowest BCUT2D eigenvalue weighted by Crippen LogP contribution is -1.96. The Bertz CT molecular complexity index is 343. The minimum Gasteiger partial charge on any atom is -0.494 e. The average Bonchev–Trinajstić information content (AvgIpc) is 2.59. The van der Waals surface area contributed by atoms with Crippen molar-refractivity contribution in [3.8, 4) is 5.88 Å². The minimum absolute atomic E-state index is 0.320. The molecule has 1 aromatic heterocycles. The summed E-state index contributed by atoms with van der Waals surface area (Å²) in [6, 6.07) is 0. The first-order valence-corrected chi connectivity index (χ1v) is 7.41. The third kappa shape index (κ3) is 4.66. The summed E-state index contributed by atoms with van der Waals surface area (Å²) in [6.45, 7) is 3.10. The van der Waals surface area contributed by atoms with Gasteiger partial charge in [-0.1, -0.05) is 45.4 Å². The maximum atomic E-state index is 9.51. The molecule has 1 rings (SSSR count). The van der Waals surface area contributed by atoms with Crippen molar-refractivity contribution in [2.24, 2.45) is 0 Å². The van der Waals surface area contributed by atoms with Crippen LogP contribution in [0, 0.1) is 3.95 Å². The molecule has 0 aliphatic rings. The Morgan fingerprint density at radius 2 is 1.81 bits per heavy atom. The molecule has 1 aromatic rings. The third-order valence-corrected chi connectivity index (χ3v) is 4.01. The molecule has 1 N–H and O–H groups in total. The number of rotatable bonds is 8. The van der Waals surface area contributed by atoms with Crippen molar-refractivity contribution in [1.82, 2.24) is 4.57 Å². The van der Waals surface area contributed by atoms with Crippen LogP contribution in [0.4, 0.5) is 0 Å². The monoisotopic (exact) mass is 259 g/mol. The largest absolute Gasteiger partial charge is 0.494 e. The van der Waals surface area contributed by atoms with Gasteiger partial charge in [-0.25, -0.2) is 0 Å². The number of hydrogen-bond acceptors (Lipinski definition) is 3. The molecule has 0 unspecified atom stereocenters. The second-order valence-electron chi connectivity index (χ2n) is 4.13. The quantitative estimate of drug-likeness (QED) is 0.539. The molecule has 0 saturated heterocycles. The van der Waals surface area contributed by atoms with Crippen molar-refractivity contribution in [3.63, 3.8) is 0 Å². The predicted octanol–water partition coefficient (Wildman–Crippen LogP) is 4.74. The van der Waals surface area contributed by atoms with Crippen LogP contribution in [0.2, 0.25) is 0 Å². The fourth-order valence-electron chi connectivity index (χ4n) is 1.76. The smallest absolute Gasteiger partial charge is 0.202 e. The van der Waals surface area contributed by atoms with Gasteiger partial charge in [0.2, 0.25) is 5.88 Å². The number of aromatic nitrogens is 1. The van der Waals surface area contributed by atoms with Gasteiger partial charge >= 0.3 is 0 Å². The summed E-state index contributed by atoms with van der Waals surface area (Å²) < 4.78 is 2.61. The van der Waals surface area contributed by atoms with Gasteiger partial charge < -0.3 is 5.11 Å². The van der Waals surface area contributed by atoms with Crippen LogP contribution in [0.3, 0.4) is 0 Å². The van der Waals surface area contributed by atoms with Gasteiger partial charge in [0, 0.05) is 6.54 Å². The van der Waals surface area contributed by atoms with Crippen LogP contribution in [-0.4, -0.2) is 9.67 Å². The molecule has 0 spiro atoms. The molecule has 0 aromatic carbocycles. The number of aromatic hydroxyl groups is 1. The van der Waals surface area contributed by atoms with Crippen LogP contribution in [0.15, 0.2) is 5.38 Å². The second kappa shape index (κ2) is 7.85. The zero-order chi connectivity index (χ0) is 11.8. The molecule has 0 bridgehead atoms. The first-order chi connectivity index (χ1) is 7.75. The molecule has 0 fully saturated rings. The first-order valence-electron chi connectivity index (χ1n) is 6.13. The SMILES string of the molecule is CCCCCCCCCn1c(O)csc1=S. The van der Waals surface area contributed by atoms with Gasteiger partial charge in [-0.15, -0.1) is 11.3 Å². The minimum atomic E-state index is 0.320. The maximum Gasteiger partial charge on any atom is 0.202 e. The average molecular weight is 259 g/mol. The van der Waals surface area contributed by atoms with Crippen LogP contribution >= 0.6 is 23.6 Å². The van der Waals surface area contributed by atoms with Crippen molar-refractivity contribution < 1.29 is 5.11 Å². The number of nitrogens with zero attached hydrogens (tertiary/aromatic N) is 1. The zero-order valence-corrected chi connectivity index (χ0v) is 11.6. The van der Waals surface area contributed by atoms with Gasteiger partial charge in [-0.3, -0.25) is 4.57 Å². The van der Waals surface area contributed by atoms with E-state index in [2.05, 4.69) is 6.92 Å². The normalized spacial score (nSPS) is 10.8. The summed E-state index contributed by atoms with van der Waals surface area (Å²) in [5.41, 5.74) is 0. The van der Waals surface area contributed by atoms with E-state index in [-0.39, 0.29) is 0 Å². The van der Waals surface area contributed by atoms with Crippen molar-refractivity contribution in [2.75, 3.05) is 0 Å². The Labute approximate surface area is 107 Å². The maximum absolute atomic E-state index is 9.51. The molecule has 2 nitrogen and oxygen atoms in total. The van der Waals surface area contributed by atoms with Crippen LogP contribution < -0.4 is 0 Å². The first kappa shape index (κ1) is 13.7. The molecule has 0 amide bonds. The molecule has 4 heteroatoms. The molecule has 0 aliphatic carbocycles. The zero-order valence-electron chi connectivity index (χ0n) is 9.95. The standard InChI is InChI=1S/C12H21NOS2/c1-2-3-4-5-6-7-8-9-13-11(14)10-16-12(13)15/h10,14H,2-9H2,1H3. The molecule has 1 heterocycles. The molecule has 0 radical (unpaired) electrons. The van der Waals surface area contributed by atoms with Crippen molar-refractivity contribution in [2.45, 2.75) is 58.4 Å². The van der Waals surface area contributed by atoms with E-state index in [9.17, 15) is 5.11 Å². The number of thiazole rings is 1. The number of hydrogen-bond donors (Lipinski definition) is 1. The van der Waals surface area contributed by atoms with Crippen molar-refractivity contribution in [1.29, 1.82) is 0 Å². The van der Waals surface area contributed by atoms with Crippen LogP contribution in [-0.2, 0) is 6.54 Å². The van der Waals surface area contributed by atoms with Gasteiger partial charge in [0.05, 0.1) is 5.38 Å². The highest BCUT2D eigenvalue weighted by Crippen LogP contribution is 2.18. The fourth-order valence-corrected chi connectivity index (χ4v) is 2.73. The molecular formula is C12H21NOS2. The van der Waals surface area contributed by atoms with Crippen molar-refractivity contribution in [3.05, 3.63) is 9.33 Å². The highest BCUT2D eigenvalue weighted by atomic mass is 32.1. The van der Waals surface area contributed by atoms with Gasteiger partial charge in [0.25, 0.3) is 0 Å². The Morgan fingerprint density at radius 1 is 1.19 bits per heavy atom. The molecular weight excluding hydrogens is 238 g/mol. The van der Waals surface area contributed by atoms with Crippen LogP contribution in [0.1, 0.15) is 51.9 Å². The van der Waals surface area contributed by atoms with Gasteiger partial charge in [-0.05, 0) is 18.6 Å². The summed E-state index contributed by atoms with van der Waals surface area (Å²) in [7, 11) is 0. The highest BCUT2D eigenvalue weighted by Gasteiger charge is 2.01. The van der Waals surface area contributed by atoms with E-state index in [0.29, 0.717) is 5.88 Å². The lowest BCUT2D eigenvalue weighted by Gasteiger charge is -2.04. The fraction of sp³-hybridized carbons (Fsp3) is 0.750. The predicted molar refractivity (Wildman–Crippen MR) is 72.8 cm³/mol. The Morgan fingerprint density at radius 3 is 2.38 bits per heavy atom. The summed E-state index contributed by atoms with van der Waals surface area (Å²) in [5.74, 6) is 0.320. The Hall–Kier alpha value is -0.350. The van der Waals surface area contributed by atoms with E-state index in [4.69, 9.17) is 12.2 Å². The highest BCUT2D eigenvalue weighted by molar-refractivity contribution is 7.73. The molecule has 92 valence electrons. The van der Waals surface area contributed by atoms with E-state index in [0.717, 1.165) is 16.9 Å². The van der Waals surface area contributed by atoms with E-state index in [1.165, 1.54) is 49.9 Å².